The van der Waals surface area contributed by atoms with Crippen molar-refractivity contribution < 1.29 is 9.84 Å². The molecule has 3 rings (SSSR count). The van der Waals surface area contributed by atoms with E-state index >= 15 is 0 Å². The van der Waals surface area contributed by atoms with Crippen molar-refractivity contribution in [1.82, 2.24) is 0 Å². The minimum atomic E-state index is -0.0773. The van der Waals surface area contributed by atoms with Crippen molar-refractivity contribution in [2.45, 2.75) is 76.4 Å². The third-order valence-electron chi connectivity index (χ3n) is 5.32. The highest BCUT2D eigenvalue weighted by molar-refractivity contribution is 5.04. The molecule has 2 nitrogen and oxygen atoms in total. The number of aliphatic hydroxyl groups is 1. The topological polar surface area (TPSA) is 29.5 Å². The molecule has 2 unspecified atom stereocenters. The van der Waals surface area contributed by atoms with Gasteiger partial charge in [-0.3, -0.25) is 0 Å². The molecule has 17 heavy (non-hydrogen) atoms. The second-order valence-corrected chi connectivity index (χ2v) is 6.49. The predicted molar refractivity (Wildman–Crippen MR) is 67.8 cm³/mol. The van der Waals surface area contributed by atoms with Crippen LogP contribution in [0.5, 0.6) is 0 Å². The molecule has 3 saturated carbocycles. The molecule has 0 saturated heterocycles. The number of hydrogen-bond acceptors (Lipinski definition) is 2. The molecule has 0 bridgehead atoms. The van der Waals surface area contributed by atoms with Gasteiger partial charge in [0.2, 0.25) is 0 Å². The van der Waals surface area contributed by atoms with E-state index in [9.17, 15) is 5.11 Å². The molecule has 0 heterocycles. The summed E-state index contributed by atoms with van der Waals surface area (Å²) in [6.07, 6.45) is 13.0. The summed E-state index contributed by atoms with van der Waals surface area (Å²) in [6.45, 7) is 0.934. The summed E-state index contributed by atoms with van der Waals surface area (Å²) < 4.78 is 6.09. The Morgan fingerprint density at radius 1 is 1.06 bits per heavy atom. The van der Waals surface area contributed by atoms with Gasteiger partial charge in [0.05, 0.1) is 12.2 Å². The minimum Gasteiger partial charge on any atom is -0.392 e. The lowest BCUT2D eigenvalue weighted by molar-refractivity contribution is -0.199. The van der Waals surface area contributed by atoms with Crippen molar-refractivity contribution in [2.75, 3.05) is 6.61 Å². The van der Waals surface area contributed by atoms with Gasteiger partial charge in [0, 0.05) is 18.4 Å². The molecular formula is C15H26O2. The van der Waals surface area contributed by atoms with Gasteiger partial charge in [-0.2, -0.15) is 0 Å². The first-order valence-electron chi connectivity index (χ1n) is 7.61. The Balaban J connectivity index is 1.52. The van der Waals surface area contributed by atoms with Crippen LogP contribution in [-0.4, -0.2) is 23.9 Å². The molecule has 2 atom stereocenters. The predicted octanol–water partition coefficient (Wildman–Crippen LogP) is 3.28. The van der Waals surface area contributed by atoms with E-state index in [-0.39, 0.29) is 11.5 Å². The normalized spacial score (nSPS) is 36.5. The molecule has 0 aromatic carbocycles. The Morgan fingerprint density at radius 3 is 2.35 bits per heavy atom. The van der Waals surface area contributed by atoms with Gasteiger partial charge < -0.3 is 9.84 Å². The summed E-state index contributed by atoms with van der Waals surface area (Å²) in [5.41, 5.74) is 0.153. The minimum absolute atomic E-state index is 0.0773. The van der Waals surface area contributed by atoms with Crippen LogP contribution in [0.1, 0.15) is 64.2 Å². The lowest BCUT2D eigenvalue weighted by Crippen LogP contribution is -2.58. The molecule has 0 aliphatic heterocycles. The van der Waals surface area contributed by atoms with Gasteiger partial charge in [0.15, 0.2) is 0 Å². The maximum Gasteiger partial charge on any atom is 0.0680 e. The van der Waals surface area contributed by atoms with E-state index in [1.54, 1.807) is 0 Å². The molecular weight excluding hydrogens is 212 g/mol. The Kier molecular flexibility index (Phi) is 3.45. The molecule has 2 heteroatoms. The van der Waals surface area contributed by atoms with E-state index in [1.807, 2.05) is 0 Å². The molecule has 1 N–H and O–H groups in total. The van der Waals surface area contributed by atoms with Crippen LogP contribution >= 0.6 is 0 Å². The van der Waals surface area contributed by atoms with Gasteiger partial charge in [-0.15, -0.1) is 0 Å². The Bertz CT molecular complexity index is 252. The summed E-state index contributed by atoms with van der Waals surface area (Å²) >= 11 is 0. The second-order valence-electron chi connectivity index (χ2n) is 6.49. The Labute approximate surface area is 105 Å². The van der Waals surface area contributed by atoms with E-state index in [0.29, 0.717) is 6.10 Å². The molecule has 98 valence electrons. The summed E-state index contributed by atoms with van der Waals surface area (Å²) in [5, 5.41) is 10.2. The van der Waals surface area contributed by atoms with E-state index in [0.717, 1.165) is 18.9 Å². The van der Waals surface area contributed by atoms with E-state index in [1.165, 1.54) is 57.8 Å². The van der Waals surface area contributed by atoms with E-state index < -0.39 is 0 Å². The van der Waals surface area contributed by atoms with Crippen LogP contribution in [0.15, 0.2) is 0 Å². The highest BCUT2D eigenvalue weighted by Crippen LogP contribution is 2.52. The second kappa shape index (κ2) is 4.89. The first-order chi connectivity index (χ1) is 8.31. The number of hydrogen-bond donors (Lipinski definition) is 1. The lowest BCUT2D eigenvalue weighted by atomic mass is 9.59. The summed E-state index contributed by atoms with van der Waals surface area (Å²) in [5.74, 6) is 0.963. The zero-order valence-electron chi connectivity index (χ0n) is 10.9. The average Bonchev–Trinajstić information content (AvgIpc) is 3.14. The van der Waals surface area contributed by atoms with Gasteiger partial charge in [0.25, 0.3) is 0 Å². The van der Waals surface area contributed by atoms with Crippen LogP contribution in [0.4, 0.5) is 0 Å². The third kappa shape index (κ3) is 2.39. The molecule has 0 aromatic rings. The standard InChI is InChI=1S/C15H26O2/c16-13-11-14(17-10-7-12-5-6-12)15(13)8-3-1-2-4-9-15/h12-14,16H,1-11H2. The maximum atomic E-state index is 10.2. The van der Waals surface area contributed by atoms with Crippen LogP contribution in [0, 0.1) is 11.3 Å². The van der Waals surface area contributed by atoms with Crippen LogP contribution in [0.3, 0.4) is 0 Å². The highest BCUT2D eigenvalue weighted by Gasteiger charge is 2.54. The van der Waals surface area contributed by atoms with Crippen LogP contribution in [-0.2, 0) is 4.74 Å². The number of rotatable bonds is 4. The van der Waals surface area contributed by atoms with Gasteiger partial charge in [0.1, 0.15) is 0 Å². The summed E-state index contributed by atoms with van der Waals surface area (Å²) in [6, 6.07) is 0. The van der Waals surface area contributed by atoms with Gasteiger partial charge in [-0.25, -0.2) is 0 Å². The van der Waals surface area contributed by atoms with Crippen molar-refractivity contribution in [1.29, 1.82) is 0 Å². The van der Waals surface area contributed by atoms with Crippen molar-refractivity contribution >= 4 is 0 Å². The average molecular weight is 238 g/mol. The third-order valence-corrected chi connectivity index (χ3v) is 5.32. The molecule has 3 fully saturated rings. The number of ether oxygens (including phenoxy) is 1. The maximum absolute atomic E-state index is 10.2. The largest absolute Gasteiger partial charge is 0.392 e. The van der Waals surface area contributed by atoms with E-state index in [2.05, 4.69) is 0 Å². The van der Waals surface area contributed by atoms with Crippen LogP contribution < -0.4 is 0 Å². The van der Waals surface area contributed by atoms with Crippen molar-refractivity contribution in [2.24, 2.45) is 11.3 Å². The van der Waals surface area contributed by atoms with E-state index in [4.69, 9.17) is 4.74 Å². The van der Waals surface area contributed by atoms with Crippen LogP contribution in [0.2, 0.25) is 0 Å². The fourth-order valence-corrected chi connectivity index (χ4v) is 3.79. The molecule has 0 amide bonds. The van der Waals surface area contributed by atoms with Crippen LogP contribution in [0.25, 0.3) is 0 Å². The Morgan fingerprint density at radius 2 is 1.76 bits per heavy atom. The smallest absolute Gasteiger partial charge is 0.0680 e. The lowest BCUT2D eigenvalue weighted by Gasteiger charge is -2.53. The quantitative estimate of drug-likeness (QED) is 0.814. The van der Waals surface area contributed by atoms with Crippen molar-refractivity contribution in [3.63, 3.8) is 0 Å². The van der Waals surface area contributed by atoms with Crippen molar-refractivity contribution in [3.8, 4) is 0 Å². The summed E-state index contributed by atoms with van der Waals surface area (Å²) in [4.78, 5) is 0. The fourth-order valence-electron chi connectivity index (χ4n) is 3.79. The number of aliphatic hydroxyl groups excluding tert-OH is 1. The first kappa shape index (κ1) is 12.0. The zero-order chi connectivity index (χ0) is 11.7. The first-order valence-corrected chi connectivity index (χ1v) is 7.61. The summed E-state index contributed by atoms with van der Waals surface area (Å²) in [7, 11) is 0. The zero-order valence-corrected chi connectivity index (χ0v) is 10.9. The monoisotopic (exact) mass is 238 g/mol. The molecule has 0 radical (unpaired) electrons. The molecule has 1 spiro atoms. The van der Waals surface area contributed by atoms with Gasteiger partial charge in [-0.05, 0) is 25.2 Å². The van der Waals surface area contributed by atoms with Gasteiger partial charge >= 0.3 is 0 Å². The molecule has 3 aliphatic carbocycles. The molecule has 3 aliphatic rings. The Hall–Kier alpha value is -0.0800. The van der Waals surface area contributed by atoms with Crippen molar-refractivity contribution in [3.05, 3.63) is 0 Å². The van der Waals surface area contributed by atoms with Gasteiger partial charge in [-0.1, -0.05) is 38.5 Å². The SMILES string of the molecule is OC1CC(OCCC2CC2)C12CCCCCC2. The molecule has 0 aromatic heterocycles. The highest BCUT2D eigenvalue weighted by atomic mass is 16.5. The fraction of sp³-hybridized carbons (Fsp3) is 1.00.